The number of ether oxygens (including phenoxy) is 1. The largest absolute Gasteiger partial charge is 0.484 e. The first-order chi connectivity index (χ1) is 9.79. The van der Waals surface area contributed by atoms with Crippen LogP contribution in [-0.4, -0.2) is 29.0 Å². The summed E-state index contributed by atoms with van der Waals surface area (Å²) in [4.78, 5) is 14.5. The van der Waals surface area contributed by atoms with Gasteiger partial charge < -0.3 is 14.4 Å². The summed E-state index contributed by atoms with van der Waals surface area (Å²) in [6.07, 6.45) is 3.29. The summed E-state index contributed by atoms with van der Waals surface area (Å²) in [7, 11) is 2.94. The Morgan fingerprint density at radius 2 is 2.19 bits per heavy atom. The monoisotopic (exact) mass is 330 g/mol. The van der Waals surface area contributed by atoms with Gasteiger partial charge in [-0.25, -0.2) is 18.2 Å². The van der Waals surface area contributed by atoms with Crippen molar-refractivity contribution in [2.75, 3.05) is 0 Å². The SMILES string of the molecule is Cn1ccnc1COc1ccc(C(=O)O)cc1S(=O)(=O)Cl. The van der Waals surface area contributed by atoms with Gasteiger partial charge in [-0.05, 0) is 18.2 Å². The van der Waals surface area contributed by atoms with Crippen molar-refractivity contribution in [3.8, 4) is 5.75 Å². The maximum Gasteiger partial charge on any atom is 0.335 e. The molecule has 1 N–H and O–H groups in total. The minimum absolute atomic E-state index is 0.0231. The van der Waals surface area contributed by atoms with Crippen molar-refractivity contribution < 1.29 is 23.1 Å². The third-order valence-corrected chi connectivity index (χ3v) is 4.07. The molecule has 2 rings (SSSR count). The summed E-state index contributed by atoms with van der Waals surface area (Å²) in [5.74, 6) is -0.708. The van der Waals surface area contributed by atoms with Gasteiger partial charge in [0, 0.05) is 30.1 Å². The Balaban J connectivity index is 2.35. The molecule has 1 aromatic heterocycles. The van der Waals surface area contributed by atoms with Crippen LogP contribution in [0.5, 0.6) is 5.75 Å². The van der Waals surface area contributed by atoms with Crippen molar-refractivity contribution in [3.05, 3.63) is 42.0 Å². The molecule has 0 saturated heterocycles. The smallest absolute Gasteiger partial charge is 0.335 e. The number of carboxylic acids is 1. The van der Waals surface area contributed by atoms with E-state index >= 15 is 0 Å². The lowest BCUT2D eigenvalue weighted by Crippen LogP contribution is -2.06. The number of benzene rings is 1. The molecule has 1 heterocycles. The van der Waals surface area contributed by atoms with Gasteiger partial charge in [0.1, 0.15) is 23.1 Å². The van der Waals surface area contributed by atoms with Crippen LogP contribution in [0.25, 0.3) is 0 Å². The van der Waals surface area contributed by atoms with Crippen LogP contribution in [0.15, 0.2) is 35.5 Å². The van der Waals surface area contributed by atoms with E-state index in [1.165, 1.54) is 12.1 Å². The van der Waals surface area contributed by atoms with Gasteiger partial charge in [0.25, 0.3) is 9.05 Å². The van der Waals surface area contributed by atoms with E-state index in [9.17, 15) is 13.2 Å². The quantitative estimate of drug-likeness (QED) is 0.836. The zero-order valence-electron chi connectivity index (χ0n) is 10.9. The van der Waals surface area contributed by atoms with Crippen molar-refractivity contribution >= 4 is 25.7 Å². The summed E-state index contributed by atoms with van der Waals surface area (Å²) in [6, 6.07) is 3.45. The lowest BCUT2D eigenvalue weighted by molar-refractivity contribution is 0.0696. The molecular weight excluding hydrogens is 320 g/mol. The topological polar surface area (TPSA) is 98.5 Å². The lowest BCUT2D eigenvalue weighted by Gasteiger charge is -2.10. The van der Waals surface area contributed by atoms with Gasteiger partial charge in [-0.1, -0.05) is 0 Å². The van der Waals surface area contributed by atoms with Gasteiger partial charge in [0.15, 0.2) is 0 Å². The normalized spacial score (nSPS) is 11.3. The van der Waals surface area contributed by atoms with Crippen LogP contribution >= 0.6 is 10.7 Å². The van der Waals surface area contributed by atoms with Crippen LogP contribution in [-0.2, 0) is 22.7 Å². The minimum Gasteiger partial charge on any atom is -0.484 e. The Morgan fingerprint density at radius 1 is 1.48 bits per heavy atom. The van der Waals surface area contributed by atoms with Gasteiger partial charge in [-0.15, -0.1) is 0 Å². The van der Waals surface area contributed by atoms with Crippen molar-refractivity contribution in [1.82, 2.24) is 9.55 Å². The molecule has 0 aliphatic heterocycles. The number of rotatable bonds is 5. The molecule has 112 valence electrons. The molecule has 0 aliphatic carbocycles. The highest BCUT2D eigenvalue weighted by Crippen LogP contribution is 2.28. The van der Waals surface area contributed by atoms with Crippen molar-refractivity contribution in [1.29, 1.82) is 0 Å². The van der Waals surface area contributed by atoms with Crippen LogP contribution in [0.2, 0.25) is 0 Å². The van der Waals surface area contributed by atoms with Crippen LogP contribution < -0.4 is 4.74 Å². The summed E-state index contributed by atoms with van der Waals surface area (Å²) in [6.45, 7) is 0.0231. The minimum atomic E-state index is -4.13. The number of halogens is 1. The Kier molecular flexibility index (Phi) is 4.19. The molecule has 0 amide bonds. The molecular formula is C12H11ClN2O5S. The van der Waals surface area contributed by atoms with Crippen molar-refractivity contribution in [3.63, 3.8) is 0 Å². The molecule has 0 spiro atoms. The Bertz CT molecular complexity index is 785. The summed E-state index contributed by atoms with van der Waals surface area (Å²) >= 11 is 0. The molecule has 0 aliphatic rings. The average Bonchev–Trinajstić information content (AvgIpc) is 2.80. The first-order valence-electron chi connectivity index (χ1n) is 5.70. The third kappa shape index (κ3) is 3.53. The molecule has 7 nitrogen and oxygen atoms in total. The Hall–Kier alpha value is -2.06. The number of nitrogens with zero attached hydrogens (tertiary/aromatic N) is 2. The van der Waals surface area contributed by atoms with Crippen molar-refractivity contribution in [2.24, 2.45) is 7.05 Å². The number of carbonyl (C=O) groups is 1. The Morgan fingerprint density at radius 3 is 2.71 bits per heavy atom. The second-order valence-electron chi connectivity index (χ2n) is 4.15. The van der Waals surface area contributed by atoms with E-state index in [1.54, 1.807) is 24.0 Å². The number of carboxylic acid groups (broad SMARTS) is 1. The molecule has 2 aromatic rings. The van der Waals surface area contributed by atoms with Gasteiger partial charge >= 0.3 is 5.97 Å². The standard InChI is InChI=1S/C12H11ClN2O5S/c1-15-5-4-14-11(15)7-20-9-3-2-8(12(16)17)6-10(9)21(13,18)19/h2-6H,7H2,1H3,(H,16,17). The zero-order valence-corrected chi connectivity index (χ0v) is 12.4. The van der Waals surface area contributed by atoms with Crippen LogP contribution in [0, 0.1) is 0 Å². The maximum atomic E-state index is 11.5. The maximum absolute atomic E-state index is 11.5. The van der Waals surface area contributed by atoms with E-state index in [1.807, 2.05) is 0 Å². The highest BCUT2D eigenvalue weighted by molar-refractivity contribution is 8.13. The fourth-order valence-corrected chi connectivity index (χ4v) is 2.63. The van der Waals surface area contributed by atoms with Crippen LogP contribution in [0.4, 0.5) is 0 Å². The first-order valence-corrected chi connectivity index (χ1v) is 8.01. The van der Waals surface area contributed by atoms with Crippen LogP contribution in [0.3, 0.4) is 0 Å². The Labute approximate surface area is 125 Å². The van der Waals surface area contributed by atoms with Crippen LogP contribution in [0.1, 0.15) is 16.2 Å². The van der Waals surface area contributed by atoms with E-state index in [4.69, 9.17) is 20.5 Å². The molecule has 0 atom stereocenters. The lowest BCUT2D eigenvalue weighted by atomic mass is 10.2. The summed E-state index contributed by atoms with van der Waals surface area (Å²) < 4.78 is 30.1. The fraction of sp³-hybridized carbons (Fsp3) is 0.167. The van der Waals surface area contributed by atoms with Gasteiger partial charge in [0.05, 0.1) is 5.56 Å². The van der Waals surface area contributed by atoms with Gasteiger partial charge in [-0.3, -0.25) is 0 Å². The molecule has 0 unspecified atom stereocenters. The number of hydrogen-bond acceptors (Lipinski definition) is 5. The second-order valence-corrected chi connectivity index (χ2v) is 6.68. The molecule has 0 radical (unpaired) electrons. The van der Waals surface area contributed by atoms with E-state index in [2.05, 4.69) is 4.98 Å². The van der Waals surface area contributed by atoms with E-state index < -0.39 is 19.9 Å². The molecule has 0 bridgehead atoms. The van der Waals surface area contributed by atoms with E-state index in [-0.39, 0.29) is 17.9 Å². The predicted molar refractivity (Wildman–Crippen MR) is 74.0 cm³/mol. The molecule has 0 saturated carbocycles. The second kappa shape index (κ2) is 5.74. The van der Waals surface area contributed by atoms with Crippen molar-refractivity contribution in [2.45, 2.75) is 11.5 Å². The highest BCUT2D eigenvalue weighted by Gasteiger charge is 2.20. The number of aromatic nitrogens is 2. The number of hydrogen-bond donors (Lipinski definition) is 1. The van der Waals surface area contributed by atoms with E-state index in [0.717, 1.165) is 6.07 Å². The van der Waals surface area contributed by atoms with E-state index in [0.29, 0.717) is 5.82 Å². The average molecular weight is 331 g/mol. The molecule has 1 aromatic carbocycles. The summed E-state index contributed by atoms with van der Waals surface area (Å²) in [5, 5.41) is 8.89. The predicted octanol–water partition coefficient (Wildman–Crippen LogP) is 1.62. The van der Waals surface area contributed by atoms with Gasteiger partial charge in [0.2, 0.25) is 0 Å². The summed E-state index contributed by atoms with van der Waals surface area (Å²) in [5.41, 5.74) is -0.196. The molecule has 21 heavy (non-hydrogen) atoms. The molecule has 0 fully saturated rings. The third-order valence-electron chi connectivity index (χ3n) is 2.73. The van der Waals surface area contributed by atoms with Gasteiger partial charge in [-0.2, -0.15) is 0 Å². The zero-order chi connectivity index (χ0) is 15.6. The first kappa shape index (κ1) is 15.3. The number of aromatic carboxylic acids is 1. The number of imidazole rings is 1. The fourth-order valence-electron chi connectivity index (χ4n) is 1.63. The number of aryl methyl sites for hydroxylation is 1. The molecule has 9 heteroatoms. The highest BCUT2D eigenvalue weighted by atomic mass is 35.7.